The zero-order valence-electron chi connectivity index (χ0n) is 12.2. The minimum Gasteiger partial charge on any atom is -0.467 e. The Bertz CT molecular complexity index is 328. The van der Waals surface area contributed by atoms with Crippen molar-refractivity contribution in [2.45, 2.75) is 52.4 Å². The first-order chi connectivity index (χ1) is 8.58. The van der Waals surface area contributed by atoms with Crippen molar-refractivity contribution >= 4 is 12.1 Å². The van der Waals surface area contributed by atoms with Gasteiger partial charge in [-0.3, -0.25) is 0 Å². The summed E-state index contributed by atoms with van der Waals surface area (Å²) in [4.78, 5) is 22.5. The summed E-state index contributed by atoms with van der Waals surface area (Å²) in [5.74, 6) is -0.721. The van der Waals surface area contributed by atoms with Gasteiger partial charge in [-0.1, -0.05) is 0 Å². The van der Waals surface area contributed by atoms with Crippen molar-refractivity contribution < 1.29 is 24.2 Å². The minimum atomic E-state index is -1.13. The summed E-state index contributed by atoms with van der Waals surface area (Å²) >= 11 is 0. The van der Waals surface area contributed by atoms with Gasteiger partial charge in [-0.15, -0.1) is 0 Å². The first kappa shape index (κ1) is 19.5. The molecule has 0 aliphatic heterocycles. The van der Waals surface area contributed by atoms with Crippen LogP contribution in [0.2, 0.25) is 0 Å². The van der Waals surface area contributed by atoms with Crippen LogP contribution in [0.3, 0.4) is 0 Å². The number of ether oxygens (including phenoxy) is 2. The number of methoxy groups -OCH3 is 1. The van der Waals surface area contributed by atoms with Crippen molar-refractivity contribution in [1.29, 1.82) is 5.26 Å². The Kier molecular flexibility index (Phi) is 9.42. The number of nitriles is 1. The molecular formula is C12H22N2O5. The van der Waals surface area contributed by atoms with Crippen LogP contribution in [0.1, 0.15) is 34.6 Å². The summed E-state index contributed by atoms with van der Waals surface area (Å²) < 4.78 is 9.38. The summed E-state index contributed by atoms with van der Waals surface area (Å²) in [5.41, 5.74) is -0.663. The summed E-state index contributed by atoms with van der Waals surface area (Å²) in [6.07, 6.45) is -1.83. The van der Waals surface area contributed by atoms with Gasteiger partial charge >= 0.3 is 12.1 Å². The van der Waals surface area contributed by atoms with E-state index >= 15 is 0 Å². The quantitative estimate of drug-likeness (QED) is 0.742. The molecule has 0 aromatic heterocycles. The standard InChI is InChI=1S/C10H19NO5.C2H3N/c1-6(12)7(8(13)15-5)11-9(14)16-10(2,3)4;1-2-3/h6-7,12H,1-5H3,(H,11,14);1H3. The predicted molar refractivity (Wildman–Crippen MR) is 68.1 cm³/mol. The molecule has 0 aliphatic rings. The summed E-state index contributed by atoms with van der Waals surface area (Å²) in [6, 6.07) is 0.625. The van der Waals surface area contributed by atoms with Gasteiger partial charge in [0.15, 0.2) is 6.04 Å². The first-order valence-corrected chi connectivity index (χ1v) is 5.65. The van der Waals surface area contributed by atoms with Gasteiger partial charge in [0.1, 0.15) is 5.60 Å². The van der Waals surface area contributed by atoms with Gasteiger partial charge < -0.3 is 19.9 Å². The second-order valence-electron chi connectivity index (χ2n) is 4.61. The Morgan fingerprint density at radius 3 is 2.05 bits per heavy atom. The number of rotatable bonds is 3. The molecule has 7 nitrogen and oxygen atoms in total. The Morgan fingerprint density at radius 1 is 1.37 bits per heavy atom. The van der Waals surface area contributed by atoms with E-state index < -0.39 is 29.8 Å². The molecule has 0 saturated heterocycles. The van der Waals surface area contributed by atoms with Gasteiger partial charge in [0, 0.05) is 6.92 Å². The molecule has 0 aromatic carbocycles. The van der Waals surface area contributed by atoms with E-state index in [1.165, 1.54) is 21.0 Å². The highest BCUT2D eigenvalue weighted by molar-refractivity contribution is 5.81. The molecule has 2 unspecified atom stereocenters. The van der Waals surface area contributed by atoms with E-state index in [2.05, 4.69) is 10.1 Å². The fourth-order valence-electron chi connectivity index (χ4n) is 0.938. The van der Waals surface area contributed by atoms with Crippen LogP contribution in [0.5, 0.6) is 0 Å². The molecule has 0 aliphatic carbocycles. The van der Waals surface area contributed by atoms with Crippen LogP contribution < -0.4 is 5.32 Å². The van der Waals surface area contributed by atoms with E-state index in [4.69, 9.17) is 10.00 Å². The molecule has 110 valence electrons. The maximum absolute atomic E-state index is 11.3. The molecule has 0 spiro atoms. The third-order valence-corrected chi connectivity index (χ3v) is 1.61. The van der Waals surface area contributed by atoms with Gasteiger partial charge in [0.05, 0.1) is 19.3 Å². The Hall–Kier alpha value is -1.81. The number of amides is 1. The molecule has 0 aromatic rings. The van der Waals surface area contributed by atoms with Gasteiger partial charge in [-0.25, -0.2) is 9.59 Å². The van der Waals surface area contributed by atoms with E-state index in [-0.39, 0.29) is 0 Å². The molecule has 0 radical (unpaired) electrons. The van der Waals surface area contributed by atoms with Crippen molar-refractivity contribution in [3.05, 3.63) is 0 Å². The summed E-state index contributed by atoms with van der Waals surface area (Å²) in [6.45, 7) is 7.89. The van der Waals surface area contributed by atoms with Crippen molar-refractivity contribution in [1.82, 2.24) is 5.32 Å². The van der Waals surface area contributed by atoms with Crippen LogP contribution in [0.4, 0.5) is 4.79 Å². The smallest absolute Gasteiger partial charge is 0.408 e. The highest BCUT2D eigenvalue weighted by Gasteiger charge is 2.28. The molecule has 0 heterocycles. The number of alkyl carbamates (subject to hydrolysis) is 1. The monoisotopic (exact) mass is 274 g/mol. The maximum atomic E-state index is 11.3. The lowest BCUT2D eigenvalue weighted by Crippen LogP contribution is -2.49. The average Bonchev–Trinajstić information content (AvgIpc) is 2.23. The highest BCUT2D eigenvalue weighted by Crippen LogP contribution is 2.07. The second kappa shape index (κ2) is 9.16. The van der Waals surface area contributed by atoms with E-state index in [1.807, 2.05) is 0 Å². The molecule has 7 heteroatoms. The van der Waals surface area contributed by atoms with Crippen molar-refractivity contribution in [3.63, 3.8) is 0 Å². The summed E-state index contributed by atoms with van der Waals surface area (Å²) in [5, 5.41) is 18.8. The number of nitrogens with one attached hydrogen (secondary N) is 1. The van der Waals surface area contributed by atoms with Gasteiger partial charge in [0.25, 0.3) is 0 Å². The van der Waals surface area contributed by atoms with Crippen LogP contribution in [0.25, 0.3) is 0 Å². The number of aliphatic hydroxyl groups excluding tert-OH is 1. The van der Waals surface area contributed by atoms with Crippen LogP contribution in [0.15, 0.2) is 0 Å². The maximum Gasteiger partial charge on any atom is 0.408 e. The largest absolute Gasteiger partial charge is 0.467 e. The third-order valence-electron chi connectivity index (χ3n) is 1.61. The van der Waals surface area contributed by atoms with Gasteiger partial charge in [-0.05, 0) is 27.7 Å². The number of hydrogen-bond acceptors (Lipinski definition) is 6. The van der Waals surface area contributed by atoms with E-state index in [9.17, 15) is 14.7 Å². The van der Waals surface area contributed by atoms with E-state index in [1.54, 1.807) is 26.8 Å². The third kappa shape index (κ3) is 11.0. The number of hydrogen-bond donors (Lipinski definition) is 2. The Balaban J connectivity index is 0. The number of esters is 1. The molecule has 19 heavy (non-hydrogen) atoms. The number of aliphatic hydroxyl groups is 1. The normalized spacial score (nSPS) is 12.9. The molecule has 1 amide bonds. The lowest BCUT2D eigenvalue weighted by molar-refractivity contribution is -0.145. The minimum absolute atomic E-state index is 0.663. The fraction of sp³-hybridized carbons (Fsp3) is 0.750. The SMILES string of the molecule is CC#N.COC(=O)C(NC(=O)OC(C)(C)C)C(C)O. The van der Waals surface area contributed by atoms with Gasteiger partial charge in [0.2, 0.25) is 0 Å². The van der Waals surface area contributed by atoms with Crippen molar-refractivity contribution in [2.24, 2.45) is 0 Å². The fourth-order valence-corrected chi connectivity index (χ4v) is 0.938. The van der Waals surface area contributed by atoms with Crippen LogP contribution in [-0.2, 0) is 14.3 Å². The Labute approximate surface area is 113 Å². The molecule has 0 bridgehead atoms. The molecule has 2 atom stereocenters. The lowest BCUT2D eigenvalue weighted by Gasteiger charge is -2.23. The molecule has 0 saturated carbocycles. The average molecular weight is 274 g/mol. The van der Waals surface area contributed by atoms with Crippen LogP contribution >= 0.6 is 0 Å². The highest BCUT2D eigenvalue weighted by atomic mass is 16.6. The number of nitrogens with zero attached hydrogens (tertiary/aromatic N) is 1. The van der Waals surface area contributed by atoms with Crippen molar-refractivity contribution in [2.75, 3.05) is 7.11 Å². The summed E-state index contributed by atoms with van der Waals surface area (Å²) in [7, 11) is 1.18. The zero-order valence-corrected chi connectivity index (χ0v) is 12.2. The van der Waals surface area contributed by atoms with E-state index in [0.717, 1.165) is 0 Å². The molecule has 2 N–H and O–H groups in total. The topological polar surface area (TPSA) is 109 Å². The second-order valence-corrected chi connectivity index (χ2v) is 4.61. The zero-order chi connectivity index (χ0) is 15.6. The van der Waals surface area contributed by atoms with Gasteiger partial charge in [-0.2, -0.15) is 5.26 Å². The molecule has 0 fully saturated rings. The van der Waals surface area contributed by atoms with Crippen LogP contribution in [-0.4, -0.2) is 42.0 Å². The first-order valence-electron chi connectivity index (χ1n) is 5.65. The predicted octanol–water partition coefficient (Wildman–Crippen LogP) is 0.963. The van der Waals surface area contributed by atoms with Crippen molar-refractivity contribution in [3.8, 4) is 6.07 Å². The van der Waals surface area contributed by atoms with Crippen LogP contribution in [0, 0.1) is 11.3 Å². The lowest BCUT2D eigenvalue weighted by atomic mass is 10.2. The van der Waals surface area contributed by atoms with E-state index in [0.29, 0.717) is 0 Å². The number of carbonyl (C=O) groups excluding carboxylic acids is 2. The number of carbonyl (C=O) groups is 2. The Morgan fingerprint density at radius 2 is 1.79 bits per heavy atom. The molecular weight excluding hydrogens is 252 g/mol. The molecule has 0 rings (SSSR count).